The Bertz CT molecular complexity index is 751. The van der Waals surface area contributed by atoms with Crippen molar-refractivity contribution in [1.82, 2.24) is 0 Å². The SMILES string of the molecule is CCCC(=O)N(c1ccccc1N(C(=O)CCC)C(C)(C)C)C(C)(C)C.c1ccccc1. The topological polar surface area (TPSA) is 40.6 Å². The highest BCUT2D eigenvalue weighted by molar-refractivity contribution is 6.03. The molecule has 0 atom stereocenters. The maximum atomic E-state index is 12.9. The minimum absolute atomic E-state index is 0.0873. The number of rotatable bonds is 6. The van der Waals surface area contributed by atoms with Crippen molar-refractivity contribution in [3.8, 4) is 0 Å². The van der Waals surface area contributed by atoms with Crippen LogP contribution in [0, 0.1) is 0 Å². The van der Waals surface area contributed by atoms with Gasteiger partial charge in [0.15, 0.2) is 0 Å². The van der Waals surface area contributed by atoms with Gasteiger partial charge in [-0.15, -0.1) is 0 Å². The van der Waals surface area contributed by atoms with Crippen LogP contribution in [0.1, 0.15) is 81.1 Å². The van der Waals surface area contributed by atoms with Crippen LogP contribution in [0.15, 0.2) is 60.7 Å². The van der Waals surface area contributed by atoms with Gasteiger partial charge >= 0.3 is 0 Å². The Kier molecular flexibility index (Phi) is 10.6. The second-order valence-corrected chi connectivity index (χ2v) is 9.94. The molecule has 0 radical (unpaired) electrons. The van der Waals surface area contributed by atoms with Crippen molar-refractivity contribution in [2.75, 3.05) is 9.80 Å². The van der Waals surface area contributed by atoms with Gasteiger partial charge < -0.3 is 9.80 Å². The van der Waals surface area contributed by atoms with Gasteiger partial charge in [0.2, 0.25) is 11.8 Å². The Labute approximate surface area is 195 Å². The molecule has 2 amide bonds. The Balaban J connectivity index is 0.000000730. The first-order valence-corrected chi connectivity index (χ1v) is 11.7. The fraction of sp³-hybridized carbons (Fsp3) is 0.500. The molecule has 176 valence electrons. The van der Waals surface area contributed by atoms with Crippen molar-refractivity contribution in [2.45, 2.75) is 92.2 Å². The second-order valence-electron chi connectivity index (χ2n) is 9.94. The number of anilines is 2. The molecular weight excluding hydrogens is 396 g/mol. The molecule has 2 aromatic carbocycles. The first-order chi connectivity index (χ1) is 14.9. The molecule has 0 aliphatic heterocycles. The van der Waals surface area contributed by atoms with Crippen molar-refractivity contribution >= 4 is 23.2 Å². The second kappa shape index (κ2) is 12.4. The predicted molar refractivity (Wildman–Crippen MR) is 137 cm³/mol. The largest absolute Gasteiger partial charge is 0.305 e. The Hall–Kier alpha value is -2.62. The molecule has 0 bridgehead atoms. The number of hydrogen-bond acceptors (Lipinski definition) is 2. The van der Waals surface area contributed by atoms with Crippen LogP contribution in [-0.2, 0) is 9.59 Å². The third kappa shape index (κ3) is 8.14. The molecule has 0 saturated carbocycles. The Morgan fingerprint density at radius 3 is 1.09 bits per heavy atom. The van der Waals surface area contributed by atoms with Crippen molar-refractivity contribution in [1.29, 1.82) is 0 Å². The number of para-hydroxylation sites is 2. The smallest absolute Gasteiger partial charge is 0.227 e. The van der Waals surface area contributed by atoms with E-state index >= 15 is 0 Å². The fourth-order valence-corrected chi connectivity index (χ4v) is 3.62. The highest BCUT2D eigenvalue weighted by Crippen LogP contribution is 2.38. The molecule has 0 aliphatic carbocycles. The van der Waals surface area contributed by atoms with Crippen LogP contribution >= 0.6 is 0 Å². The van der Waals surface area contributed by atoms with Crippen molar-refractivity contribution in [3.05, 3.63) is 60.7 Å². The van der Waals surface area contributed by atoms with Gasteiger partial charge in [0, 0.05) is 23.9 Å². The lowest BCUT2D eigenvalue weighted by atomic mass is 9.99. The van der Waals surface area contributed by atoms with Crippen LogP contribution in [0.2, 0.25) is 0 Å². The molecule has 0 saturated heterocycles. The van der Waals surface area contributed by atoms with E-state index in [9.17, 15) is 9.59 Å². The van der Waals surface area contributed by atoms with Gasteiger partial charge in [-0.25, -0.2) is 0 Å². The highest BCUT2D eigenvalue weighted by Gasteiger charge is 2.34. The van der Waals surface area contributed by atoms with E-state index in [2.05, 4.69) is 0 Å². The standard InChI is InChI=1S/C22H36N2O2.C6H6/c1-9-13-19(25)23(21(3,4)5)17-15-11-12-16-18(17)24(22(6,7)8)20(26)14-10-2;1-2-4-6-5-3-1/h11-12,15-16H,9-10,13-14H2,1-8H3;1-6H. The Morgan fingerprint density at radius 1 is 0.594 bits per heavy atom. The molecule has 0 N–H and O–H groups in total. The maximum absolute atomic E-state index is 12.9. The van der Waals surface area contributed by atoms with Gasteiger partial charge in [0.05, 0.1) is 11.4 Å². The molecule has 0 unspecified atom stereocenters. The molecule has 2 rings (SSSR count). The molecule has 0 spiro atoms. The summed E-state index contributed by atoms with van der Waals surface area (Å²) in [6.07, 6.45) is 2.57. The summed E-state index contributed by atoms with van der Waals surface area (Å²) in [6, 6.07) is 19.8. The molecule has 0 fully saturated rings. The quantitative estimate of drug-likeness (QED) is 0.477. The average molecular weight is 439 g/mol. The molecular formula is C28H42N2O2. The van der Waals surface area contributed by atoms with Gasteiger partial charge in [-0.05, 0) is 66.5 Å². The summed E-state index contributed by atoms with van der Waals surface area (Å²) in [5.41, 5.74) is 0.857. The monoisotopic (exact) mass is 438 g/mol. The third-order valence-electron chi connectivity index (χ3n) is 4.80. The number of nitrogens with zero attached hydrogens (tertiary/aromatic N) is 2. The first kappa shape index (κ1) is 27.4. The van der Waals surface area contributed by atoms with Gasteiger partial charge in [0.25, 0.3) is 0 Å². The summed E-state index contributed by atoms with van der Waals surface area (Å²) >= 11 is 0. The molecule has 0 aliphatic rings. The first-order valence-electron chi connectivity index (χ1n) is 11.7. The van der Waals surface area contributed by atoms with Crippen LogP contribution < -0.4 is 9.80 Å². The molecule has 32 heavy (non-hydrogen) atoms. The lowest BCUT2D eigenvalue weighted by molar-refractivity contribution is -0.120. The zero-order valence-electron chi connectivity index (χ0n) is 21.3. The van der Waals surface area contributed by atoms with Crippen LogP contribution in [0.4, 0.5) is 11.4 Å². The van der Waals surface area contributed by atoms with E-state index in [4.69, 9.17) is 0 Å². The summed E-state index contributed by atoms with van der Waals surface area (Å²) in [6.45, 7) is 16.2. The van der Waals surface area contributed by atoms with Crippen molar-refractivity contribution in [2.24, 2.45) is 0 Å². The van der Waals surface area contributed by atoms with Crippen LogP contribution in [0.3, 0.4) is 0 Å². The van der Waals surface area contributed by atoms with E-state index in [0.29, 0.717) is 12.8 Å². The summed E-state index contributed by atoms with van der Waals surface area (Å²) in [7, 11) is 0. The fourth-order valence-electron chi connectivity index (χ4n) is 3.62. The minimum atomic E-state index is -0.375. The molecule has 4 nitrogen and oxygen atoms in total. The Morgan fingerprint density at radius 2 is 0.875 bits per heavy atom. The van der Waals surface area contributed by atoms with Crippen LogP contribution in [0.5, 0.6) is 0 Å². The molecule has 0 heterocycles. The van der Waals surface area contributed by atoms with Gasteiger partial charge in [-0.3, -0.25) is 9.59 Å². The van der Waals surface area contributed by atoms with Gasteiger partial charge in [-0.1, -0.05) is 62.4 Å². The molecule has 0 aromatic heterocycles. The average Bonchev–Trinajstić information content (AvgIpc) is 2.70. The summed E-state index contributed by atoms with van der Waals surface area (Å²) in [5, 5.41) is 0. The van der Waals surface area contributed by atoms with Crippen LogP contribution in [-0.4, -0.2) is 22.9 Å². The van der Waals surface area contributed by atoms with E-state index < -0.39 is 0 Å². The number of hydrogen-bond donors (Lipinski definition) is 0. The zero-order chi connectivity index (χ0) is 24.4. The normalized spacial score (nSPS) is 11.2. The van der Waals surface area contributed by atoms with Crippen molar-refractivity contribution in [3.63, 3.8) is 0 Å². The molecule has 2 aromatic rings. The predicted octanol–water partition coefficient (Wildman–Crippen LogP) is 7.24. The van der Waals surface area contributed by atoms with E-state index in [1.807, 2.05) is 126 Å². The van der Waals surface area contributed by atoms with Gasteiger partial charge in [0.1, 0.15) is 0 Å². The zero-order valence-corrected chi connectivity index (χ0v) is 21.3. The number of carbonyl (C=O) groups is 2. The number of benzene rings is 2. The van der Waals surface area contributed by atoms with Gasteiger partial charge in [-0.2, -0.15) is 0 Å². The van der Waals surface area contributed by atoms with E-state index in [1.165, 1.54) is 0 Å². The van der Waals surface area contributed by atoms with Crippen molar-refractivity contribution < 1.29 is 9.59 Å². The summed E-state index contributed by atoms with van der Waals surface area (Å²) < 4.78 is 0. The van der Waals surface area contributed by atoms with Crippen LogP contribution in [0.25, 0.3) is 0 Å². The van der Waals surface area contributed by atoms with E-state index in [-0.39, 0.29) is 22.9 Å². The number of carbonyl (C=O) groups excluding carboxylic acids is 2. The highest BCUT2D eigenvalue weighted by atomic mass is 16.2. The minimum Gasteiger partial charge on any atom is -0.305 e. The summed E-state index contributed by atoms with van der Waals surface area (Å²) in [5.74, 6) is 0.175. The lowest BCUT2D eigenvalue weighted by Gasteiger charge is -2.42. The number of amides is 2. The third-order valence-corrected chi connectivity index (χ3v) is 4.80. The van der Waals surface area contributed by atoms with E-state index in [1.54, 1.807) is 0 Å². The maximum Gasteiger partial charge on any atom is 0.227 e. The van der Waals surface area contributed by atoms with E-state index in [0.717, 1.165) is 24.2 Å². The summed E-state index contributed by atoms with van der Waals surface area (Å²) in [4.78, 5) is 29.6. The lowest BCUT2D eigenvalue weighted by Crippen LogP contribution is -2.50. The molecule has 4 heteroatoms.